The van der Waals surface area contributed by atoms with Crippen LogP contribution in [0.4, 0.5) is 5.95 Å². The molecule has 1 aliphatic heterocycles. The SMILES string of the molecule is Cc1nc(COc2cccc(/C=C/C(=O)N3CCN(c4ncccn4)CC3)c2)cs1. The zero-order valence-electron chi connectivity index (χ0n) is 16.8. The van der Waals surface area contributed by atoms with Gasteiger partial charge in [-0.2, -0.15) is 0 Å². The normalized spacial score (nSPS) is 14.3. The number of amides is 1. The van der Waals surface area contributed by atoms with Crippen LogP contribution in [0.5, 0.6) is 5.75 Å². The van der Waals surface area contributed by atoms with Gasteiger partial charge in [-0.15, -0.1) is 11.3 Å². The summed E-state index contributed by atoms with van der Waals surface area (Å²) < 4.78 is 5.82. The van der Waals surface area contributed by atoms with Crippen molar-refractivity contribution in [3.8, 4) is 5.75 Å². The fourth-order valence-electron chi connectivity index (χ4n) is 3.19. The average molecular weight is 422 g/mol. The van der Waals surface area contributed by atoms with Crippen molar-refractivity contribution in [2.75, 3.05) is 31.1 Å². The maximum atomic E-state index is 12.6. The van der Waals surface area contributed by atoms with E-state index in [1.54, 1.807) is 35.9 Å². The molecule has 0 N–H and O–H groups in total. The van der Waals surface area contributed by atoms with Crippen molar-refractivity contribution < 1.29 is 9.53 Å². The molecule has 2 aromatic heterocycles. The first kappa shape index (κ1) is 20.0. The molecule has 1 saturated heterocycles. The molecule has 30 heavy (non-hydrogen) atoms. The smallest absolute Gasteiger partial charge is 0.246 e. The Kier molecular flexibility index (Phi) is 6.34. The number of carbonyl (C=O) groups is 1. The van der Waals surface area contributed by atoms with E-state index in [9.17, 15) is 4.79 Å². The molecule has 0 spiro atoms. The molecule has 8 heteroatoms. The number of benzene rings is 1. The zero-order valence-corrected chi connectivity index (χ0v) is 17.6. The van der Waals surface area contributed by atoms with Crippen molar-refractivity contribution in [1.82, 2.24) is 19.9 Å². The number of aromatic nitrogens is 3. The van der Waals surface area contributed by atoms with Crippen molar-refractivity contribution in [3.05, 3.63) is 70.4 Å². The maximum Gasteiger partial charge on any atom is 0.246 e. The summed E-state index contributed by atoms with van der Waals surface area (Å²) in [7, 11) is 0. The van der Waals surface area contributed by atoms with Gasteiger partial charge in [-0.05, 0) is 36.8 Å². The Morgan fingerprint density at radius 2 is 1.97 bits per heavy atom. The molecule has 0 atom stereocenters. The van der Waals surface area contributed by atoms with E-state index in [1.807, 2.05) is 47.5 Å². The van der Waals surface area contributed by atoms with E-state index < -0.39 is 0 Å². The minimum absolute atomic E-state index is 0.00731. The molecule has 0 aliphatic carbocycles. The second kappa shape index (κ2) is 9.49. The van der Waals surface area contributed by atoms with Gasteiger partial charge in [0.2, 0.25) is 11.9 Å². The monoisotopic (exact) mass is 421 g/mol. The van der Waals surface area contributed by atoms with Crippen LogP contribution in [0.3, 0.4) is 0 Å². The third kappa shape index (κ3) is 5.21. The first-order chi connectivity index (χ1) is 14.7. The molecule has 0 unspecified atom stereocenters. The number of piperazine rings is 1. The minimum Gasteiger partial charge on any atom is -0.487 e. The molecule has 0 radical (unpaired) electrons. The number of nitrogens with zero attached hydrogens (tertiary/aromatic N) is 5. The Balaban J connectivity index is 1.30. The highest BCUT2D eigenvalue weighted by molar-refractivity contribution is 7.09. The number of rotatable bonds is 6. The van der Waals surface area contributed by atoms with Crippen molar-refractivity contribution in [3.63, 3.8) is 0 Å². The summed E-state index contributed by atoms with van der Waals surface area (Å²) in [5.74, 6) is 1.48. The highest BCUT2D eigenvalue weighted by Gasteiger charge is 2.20. The fourth-order valence-corrected chi connectivity index (χ4v) is 3.79. The topological polar surface area (TPSA) is 71.5 Å². The van der Waals surface area contributed by atoms with Crippen LogP contribution in [0.25, 0.3) is 6.08 Å². The lowest BCUT2D eigenvalue weighted by molar-refractivity contribution is -0.126. The lowest BCUT2D eigenvalue weighted by Crippen LogP contribution is -2.48. The Labute approximate surface area is 179 Å². The van der Waals surface area contributed by atoms with Crippen LogP contribution >= 0.6 is 11.3 Å². The van der Waals surface area contributed by atoms with Crippen LogP contribution in [-0.2, 0) is 11.4 Å². The Bertz CT molecular complexity index is 1010. The summed E-state index contributed by atoms with van der Waals surface area (Å²) in [5.41, 5.74) is 1.85. The van der Waals surface area contributed by atoms with Crippen molar-refractivity contribution in [2.45, 2.75) is 13.5 Å². The van der Waals surface area contributed by atoms with Crippen LogP contribution in [0.2, 0.25) is 0 Å². The van der Waals surface area contributed by atoms with E-state index in [0.717, 1.165) is 35.1 Å². The summed E-state index contributed by atoms with van der Waals surface area (Å²) in [5, 5.41) is 3.03. The second-order valence-electron chi connectivity index (χ2n) is 6.91. The number of hydrogen-bond donors (Lipinski definition) is 0. The van der Waals surface area contributed by atoms with E-state index in [2.05, 4.69) is 19.9 Å². The van der Waals surface area contributed by atoms with E-state index >= 15 is 0 Å². The van der Waals surface area contributed by atoms with E-state index in [-0.39, 0.29) is 5.91 Å². The van der Waals surface area contributed by atoms with Crippen LogP contribution in [0.1, 0.15) is 16.3 Å². The maximum absolute atomic E-state index is 12.6. The Morgan fingerprint density at radius 1 is 1.17 bits per heavy atom. The largest absolute Gasteiger partial charge is 0.487 e. The molecule has 1 aromatic carbocycles. The summed E-state index contributed by atoms with van der Waals surface area (Å²) in [4.78, 5) is 29.5. The number of carbonyl (C=O) groups excluding carboxylic acids is 1. The van der Waals surface area contributed by atoms with Gasteiger partial charge in [0, 0.05) is 50.0 Å². The first-order valence-corrected chi connectivity index (χ1v) is 10.7. The fraction of sp³-hybridized carbons (Fsp3) is 0.273. The molecule has 1 amide bonds. The third-order valence-corrected chi connectivity index (χ3v) is 5.58. The molecule has 0 saturated carbocycles. The second-order valence-corrected chi connectivity index (χ2v) is 7.98. The minimum atomic E-state index is 0.00731. The van der Waals surface area contributed by atoms with Crippen molar-refractivity contribution >= 4 is 29.3 Å². The van der Waals surface area contributed by atoms with Crippen LogP contribution in [-0.4, -0.2) is 51.9 Å². The summed E-state index contributed by atoms with van der Waals surface area (Å²) >= 11 is 1.61. The van der Waals surface area contributed by atoms with Crippen LogP contribution in [0, 0.1) is 6.92 Å². The highest BCUT2D eigenvalue weighted by atomic mass is 32.1. The predicted octanol–water partition coefficient (Wildman–Crippen LogP) is 3.18. The van der Waals surface area contributed by atoms with Crippen LogP contribution < -0.4 is 9.64 Å². The molecule has 3 aromatic rings. The lowest BCUT2D eigenvalue weighted by Gasteiger charge is -2.34. The molecular formula is C22H23N5O2S. The van der Waals surface area contributed by atoms with Crippen LogP contribution in [0.15, 0.2) is 54.2 Å². The molecule has 7 nitrogen and oxygen atoms in total. The van der Waals surface area contributed by atoms with Crippen molar-refractivity contribution in [1.29, 1.82) is 0 Å². The molecule has 0 bridgehead atoms. The van der Waals surface area contributed by atoms with Gasteiger partial charge in [-0.25, -0.2) is 15.0 Å². The third-order valence-electron chi connectivity index (χ3n) is 4.76. The van der Waals surface area contributed by atoms with Crippen molar-refractivity contribution in [2.24, 2.45) is 0 Å². The predicted molar refractivity (Wildman–Crippen MR) is 117 cm³/mol. The average Bonchev–Trinajstić information content (AvgIpc) is 3.22. The molecule has 1 aliphatic rings. The molecule has 3 heterocycles. The van der Waals surface area contributed by atoms with E-state index in [1.165, 1.54) is 0 Å². The van der Waals surface area contributed by atoms with Gasteiger partial charge in [-0.3, -0.25) is 4.79 Å². The zero-order chi connectivity index (χ0) is 20.8. The number of aryl methyl sites for hydroxylation is 1. The highest BCUT2D eigenvalue weighted by Crippen LogP contribution is 2.17. The van der Waals surface area contributed by atoms with E-state index in [4.69, 9.17) is 4.74 Å². The molecule has 4 rings (SSSR count). The summed E-state index contributed by atoms with van der Waals surface area (Å²) in [6.07, 6.45) is 6.92. The quantitative estimate of drug-likeness (QED) is 0.570. The molecule has 154 valence electrons. The van der Waals surface area contributed by atoms with Gasteiger partial charge in [0.15, 0.2) is 0 Å². The van der Waals surface area contributed by atoms with Gasteiger partial charge in [-0.1, -0.05) is 12.1 Å². The Morgan fingerprint density at radius 3 is 2.70 bits per heavy atom. The van der Waals surface area contributed by atoms with Gasteiger partial charge in [0.25, 0.3) is 0 Å². The van der Waals surface area contributed by atoms with Gasteiger partial charge in [0.05, 0.1) is 10.7 Å². The molecule has 1 fully saturated rings. The Hall–Kier alpha value is -3.26. The number of thiazole rings is 1. The van der Waals surface area contributed by atoms with Gasteiger partial charge < -0.3 is 14.5 Å². The number of hydrogen-bond acceptors (Lipinski definition) is 7. The van der Waals surface area contributed by atoms with E-state index in [0.29, 0.717) is 25.6 Å². The molecular weight excluding hydrogens is 398 g/mol. The first-order valence-electron chi connectivity index (χ1n) is 9.80. The lowest BCUT2D eigenvalue weighted by atomic mass is 10.2. The summed E-state index contributed by atoms with van der Waals surface area (Å²) in [6.45, 7) is 5.17. The van der Waals surface area contributed by atoms with Gasteiger partial charge >= 0.3 is 0 Å². The standard InChI is InChI=1S/C22H23N5O2S/c1-17-25-19(16-30-17)15-29-20-5-2-4-18(14-20)6-7-21(28)26-10-12-27(13-11-26)22-23-8-3-9-24-22/h2-9,14,16H,10-13,15H2,1H3/b7-6+. The number of anilines is 1. The summed E-state index contributed by atoms with van der Waals surface area (Å²) in [6, 6.07) is 9.50. The van der Waals surface area contributed by atoms with Gasteiger partial charge in [0.1, 0.15) is 12.4 Å². The number of ether oxygens (including phenoxy) is 1.